The third kappa shape index (κ3) is 6.04. The van der Waals surface area contributed by atoms with Crippen LogP contribution in [-0.4, -0.2) is 16.0 Å². The minimum absolute atomic E-state index is 0.417. The fourth-order valence-electron chi connectivity index (χ4n) is 2.28. The summed E-state index contributed by atoms with van der Waals surface area (Å²) in [5.41, 5.74) is 2.65. The molecule has 17 heavy (non-hydrogen) atoms. The summed E-state index contributed by atoms with van der Waals surface area (Å²) in [4.78, 5) is 0. The molecule has 2 nitrogen and oxygen atoms in total. The second-order valence-electron chi connectivity index (χ2n) is 5.25. The average molecular weight is 238 g/mol. The summed E-state index contributed by atoms with van der Waals surface area (Å²) in [6.45, 7) is 4.24. The fourth-order valence-corrected chi connectivity index (χ4v) is 2.28. The van der Waals surface area contributed by atoms with Gasteiger partial charge in [-0.05, 0) is 39.0 Å². The lowest BCUT2D eigenvalue weighted by molar-refractivity contribution is -0.165. The molecular formula is C15H26O2. The van der Waals surface area contributed by atoms with Crippen LogP contribution in [0.3, 0.4) is 0 Å². The summed E-state index contributed by atoms with van der Waals surface area (Å²) >= 11 is 0. The second-order valence-corrected chi connectivity index (χ2v) is 5.25. The van der Waals surface area contributed by atoms with Crippen molar-refractivity contribution < 1.29 is 10.2 Å². The van der Waals surface area contributed by atoms with E-state index < -0.39 is 5.79 Å². The van der Waals surface area contributed by atoms with E-state index in [1.165, 1.54) is 11.1 Å². The molecule has 98 valence electrons. The Hall–Kier alpha value is -0.600. The van der Waals surface area contributed by atoms with Crippen LogP contribution in [0.5, 0.6) is 0 Å². The van der Waals surface area contributed by atoms with Crippen molar-refractivity contribution in [3.63, 3.8) is 0 Å². The highest BCUT2D eigenvalue weighted by Gasteiger charge is 2.23. The maximum atomic E-state index is 9.91. The number of allylic oxidation sites excluding steroid dienone is 3. The van der Waals surface area contributed by atoms with E-state index in [9.17, 15) is 10.2 Å². The monoisotopic (exact) mass is 238 g/mol. The summed E-state index contributed by atoms with van der Waals surface area (Å²) < 4.78 is 0. The van der Waals surface area contributed by atoms with Crippen LogP contribution < -0.4 is 0 Å². The number of hydrogen-bond donors (Lipinski definition) is 2. The van der Waals surface area contributed by atoms with E-state index in [1.807, 2.05) is 0 Å². The van der Waals surface area contributed by atoms with Gasteiger partial charge >= 0.3 is 0 Å². The van der Waals surface area contributed by atoms with Gasteiger partial charge in [-0.2, -0.15) is 0 Å². The van der Waals surface area contributed by atoms with Crippen LogP contribution in [0.15, 0.2) is 23.3 Å². The van der Waals surface area contributed by atoms with Crippen LogP contribution >= 0.6 is 0 Å². The summed E-state index contributed by atoms with van der Waals surface area (Å²) in [5.74, 6) is -1.50. The summed E-state index contributed by atoms with van der Waals surface area (Å²) in [6.07, 6.45) is 11.4. The molecular weight excluding hydrogens is 212 g/mol. The number of rotatable bonds is 5. The third-order valence-corrected chi connectivity index (χ3v) is 3.37. The molecule has 0 spiro atoms. The van der Waals surface area contributed by atoms with Gasteiger partial charge in [-0.3, -0.25) is 0 Å². The lowest BCUT2D eigenvalue weighted by Gasteiger charge is -2.23. The number of hydrogen-bond acceptors (Lipinski definition) is 2. The van der Waals surface area contributed by atoms with E-state index in [0.717, 1.165) is 38.5 Å². The minimum atomic E-state index is -1.50. The zero-order valence-corrected chi connectivity index (χ0v) is 11.2. The Morgan fingerprint density at radius 1 is 1.18 bits per heavy atom. The molecule has 0 amide bonds. The first kappa shape index (κ1) is 14.5. The van der Waals surface area contributed by atoms with Gasteiger partial charge in [0.1, 0.15) is 0 Å². The van der Waals surface area contributed by atoms with E-state index in [0.29, 0.717) is 12.8 Å². The first-order valence-electron chi connectivity index (χ1n) is 6.82. The first-order valence-corrected chi connectivity index (χ1v) is 6.82. The number of unbranched alkanes of at least 4 members (excludes halogenated alkanes) is 1. The molecule has 0 aliphatic heterocycles. The molecule has 1 aliphatic rings. The molecule has 0 radical (unpaired) electrons. The van der Waals surface area contributed by atoms with Crippen LogP contribution in [0, 0.1) is 0 Å². The fraction of sp³-hybridized carbons (Fsp3) is 0.733. The Bertz CT molecular complexity index is 287. The van der Waals surface area contributed by atoms with E-state index in [4.69, 9.17) is 0 Å². The molecule has 0 bridgehead atoms. The topological polar surface area (TPSA) is 40.5 Å². The molecule has 1 aliphatic carbocycles. The summed E-state index contributed by atoms with van der Waals surface area (Å²) in [7, 11) is 0. The standard InChI is InChI=1S/C15H26O2/c1-3-4-11-15(16,17)12-14-9-5-7-13(2)8-6-10-14/h7,10,16-17H,3-6,8-9,11-12H2,1-2H3. The molecule has 0 unspecified atom stereocenters. The van der Waals surface area contributed by atoms with Gasteiger partial charge in [0, 0.05) is 12.8 Å². The molecule has 0 aromatic heterocycles. The van der Waals surface area contributed by atoms with Crippen molar-refractivity contribution >= 4 is 0 Å². The van der Waals surface area contributed by atoms with Crippen molar-refractivity contribution in [2.75, 3.05) is 0 Å². The van der Waals surface area contributed by atoms with Gasteiger partial charge in [0.25, 0.3) is 0 Å². The van der Waals surface area contributed by atoms with E-state index >= 15 is 0 Å². The Morgan fingerprint density at radius 3 is 2.59 bits per heavy atom. The van der Waals surface area contributed by atoms with Crippen LogP contribution in [-0.2, 0) is 0 Å². The Morgan fingerprint density at radius 2 is 1.88 bits per heavy atom. The van der Waals surface area contributed by atoms with Gasteiger partial charge < -0.3 is 10.2 Å². The van der Waals surface area contributed by atoms with Gasteiger partial charge in [0.2, 0.25) is 0 Å². The van der Waals surface area contributed by atoms with Crippen molar-refractivity contribution in [2.45, 2.75) is 71.0 Å². The maximum absolute atomic E-state index is 9.91. The average Bonchev–Trinajstić information content (AvgIpc) is 2.23. The molecule has 0 fully saturated rings. The maximum Gasteiger partial charge on any atom is 0.166 e. The van der Waals surface area contributed by atoms with Gasteiger partial charge in [-0.25, -0.2) is 0 Å². The Kier molecular flexibility index (Phi) is 5.93. The van der Waals surface area contributed by atoms with Gasteiger partial charge in [0.05, 0.1) is 0 Å². The molecule has 0 atom stereocenters. The van der Waals surface area contributed by atoms with Gasteiger partial charge in [0.15, 0.2) is 5.79 Å². The molecule has 2 heteroatoms. The summed E-state index contributed by atoms with van der Waals surface area (Å²) in [6, 6.07) is 0. The van der Waals surface area contributed by atoms with E-state index in [-0.39, 0.29) is 0 Å². The zero-order valence-electron chi connectivity index (χ0n) is 11.2. The lowest BCUT2D eigenvalue weighted by Crippen LogP contribution is -2.28. The quantitative estimate of drug-likeness (QED) is 0.566. The van der Waals surface area contributed by atoms with E-state index in [2.05, 4.69) is 26.0 Å². The van der Waals surface area contributed by atoms with Crippen LogP contribution in [0.1, 0.15) is 65.2 Å². The molecule has 0 heterocycles. The second kappa shape index (κ2) is 6.97. The smallest absolute Gasteiger partial charge is 0.166 e. The van der Waals surface area contributed by atoms with Crippen molar-refractivity contribution in [1.82, 2.24) is 0 Å². The van der Waals surface area contributed by atoms with Crippen LogP contribution in [0.2, 0.25) is 0 Å². The minimum Gasteiger partial charge on any atom is -0.365 e. The molecule has 0 saturated heterocycles. The largest absolute Gasteiger partial charge is 0.365 e. The zero-order chi connectivity index (χ0) is 12.7. The predicted octanol–water partition coefficient (Wildman–Crippen LogP) is 3.69. The lowest BCUT2D eigenvalue weighted by atomic mass is 9.93. The molecule has 0 saturated carbocycles. The van der Waals surface area contributed by atoms with Crippen LogP contribution in [0.25, 0.3) is 0 Å². The number of aliphatic hydroxyl groups is 2. The van der Waals surface area contributed by atoms with Gasteiger partial charge in [-0.1, -0.05) is 36.6 Å². The third-order valence-electron chi connectivity index (χ3n) is 3.37. The Labute approximate surface area is 105 Å². The molecule has 2 N–H and O–H groups in total. The van der Waals surface area contributed by atoms with Crippen LogP contribution in [0.4, 0.5) is 0 Å². The molecule has 1 rings (SSSR count). The van der Waals surface area contributed by atoms with Crippen molar-refractivity contribution in [3.05, 3.63) is 23.3 Å². The normalized spacial score (nSPS) is 18.1. The van der Waals surface area contributed by atoms with Crippen molar-refractivity contribution in [3.8, 4) is 0 Å². The highest BCUT2D eigenvalue weighted by atomic mass is 16.5. The predicted molar refractivity (Wildman–Crippen MR) is 71.6 cm³/mol. The first-order chi connectivity index (χ1) is 8.03. The van der Waals surface area contributed by atoms with Gasteiger partial charge in [-0.15, -0.1) is 0 Å². The van der Waals surface area contributed by atoms with E-state index in [1.54, 1.807) is 0 Å². The highest BCUT2D eigenvalue weighted by Crippen LogP contribution is 2.26. The van der Waals surface area contributed by atoms with Crippen molar-refractivity contribution in [2.24, 2.45) is 0 Å². The van der Waals surface area contributed by atoms with Crippen molar-refractivity contribution in [1.29, 1.82) is 0 Å². The highest BCUT2D eigenvalue weighted by molar-refractivity contribution is 5.11. The SMILES string of the molecule is CCCCC(O)(O)CC1=CCCC(C)=CCC1. The Balaban J connectivity index is 2.47. The molecule has 0 aromatic carbocycles. The molecule has 0 aromatic rings. The summed E-state index contributed by atoms with van der Waals surface area (Å²) in [5, 5.41) is 19.8.